The van der Waals surface area contributed by atoms with Gasteiger partial charge in [0, 0.05) is 19.6 Å². The summed E-state index contributed by atoms with van der Waals surface area (Å²) in [4.78, 5) is 14.2. The first-order valence-electron chi connectivity index (χ1n) is 7.29. The van der Waals surface area contributed by atoms with Crippen LogP contribution in [0.4, 0.5) is 0 Å². The quantitative estimate of drug-likeness (QED) is 0.828. The van der Waals surface area contributed by atoms with Gasteiger partial charge in [-0.2, -0.15) is 0 Å². The summed E-state index contributed by atoms with van der Waals surface area (Å²) in [7, 11) is 0. The highest BCUT2D eigenvalue weighted by Crippen LogP contribution is 2.18. The van der Waals surface area contributed by atoms with Gasteiger partial charge in [-0.05, 0) is 19.8 Å². The van der Waals surface area contributed by atoms with Gasteiger partial charge in [0.15, 0.2) is 5.16 Å². The van der Waals surface area contributed by atoms with Gasteiger partial charge in [-0.1, -0.05) is 24.6 Å². The number of hydrogen-bond acceptors (Lipinski definition) is 5. The van der Waals surface area contributed by atoms with Crippen LogP contribution in [-0.4, -0.2) is 44.4 Å². The lowest BCUT2D eigenvalue weighted by Gasteiger charge is -2.19. The molecule has 0 spiro atoms. The average molecular weight is 297 g/mol. The van der Waals surface area contributed by atoms with Crippen LogP contribution in [0.1, 0.15) is 38.4 Å². The summed E-state index contributed by atoms with van der Waals surface area (Å²) in [5.74, 6) is 1.41. The van der Waals surface area contributed by atoms with Crippen molar-refractivity contribution in [3.8, 4) is 0 Å². The number of amides is 1. The van der Waals surface area contributed by atoms with E-state index in [0.717, 1.165) is 43.5 Å². The van der Waals surface area contributed by atoms with Crippen molar-refractivity contribution in [1.82, 2.24) is 19.7 Å². The molecule has 1 aromatic rings. The fourth-order valence-corrected chi connectivity index (χ4v) is 3.36. The van der Waals surface area contributed by atoms with Gasteiger partial charge in [0.2, 0.25) is 5.91 Å². The van der Waals surface area contributed by atoms with E-state index in [2.05, 4.69) is 10.2 Å². The predicted molar refractivity (Wildman–Crippen MR) is 79.4 cm³/mol. The van der Waals surface area contributed by atoms with Gasteiger partial charge in [0.05, 0.1) is 12.3 Å². The summed E-state index contributed by atoms with van der Waals surface area (Å²) in [6, 6.07) is 0. The number of thioether (sulfide) groups is 1. The molecule has 1 aliphatic heterocycles. The lowest BCUT2D eigenvalue weighted by atomic mass is 10.2. The molecule has 0 bridgehead atoms. The van der Waals surface area contributed by atoms with Crippen LogP contribution in [0.3, 0.4) is 0 Å². The van der Waals surface area contributed by atoms with Crippen molar-refractivity contribution < 1.29 is 4.79 Å². The highest BCUT2D eigenvalue weighted by molar-refractivity contribution is 7.99. The number of carbonyl (C=O) groups is 1. The predicted octanol–water partition coefficient (Wildman–Crippen LogP) is 1.25. The molecular weight excluding hydrogens is 274 g/mol. The third kappa shape index (κ3) is 3.73. The molecule has 112 valence electrons. The van der Waals surface area contributed by atoms with E-state index in [1.54, 1.807) is 0 Å². The van der Waals surface area contributed by atoms with Gasteiger partial charge < -0.3 is 15.2 Å². The van der Waals surface area contributed by atoms with Gasteiger partial charge >= 0.3 is 0 Å². The maximum atomic E-state index is 12.2. The van der Waals surface area contributed by atoms with Crippen LogP contribution < -0.4 is 5.73 Å². The summed E-state index contributed by atoms with van der Waals surface area (Å²) in [6.45, 7) is 4.98. The van der Waals surface area contributed by atoms with E-state index in [4.69, 9.17) is 5.73 Å². The molecule has 0 radical (unpaired) electrons. The normalized spacial score (nSPS) is 16.2. The number of aromatic nitrogens is 3. The minimum Gasteiger partial charge on any atom is -0.342 e. The van der Waals surface area contributed by atoms with Gasteiger partial charge in [-0.15, -0.1) is 10.2 Å². The molecular formula is C13H23N5OS. The second-order valence-electron chi connectivity index (χ2n) is 4.93. The molecule has 0 aliphatic carbocycles. The van der Waals surface area contributed by atoms with E-state index in [0.29, 0.717) is 12.3 Å². The standard InChI is InChI=1S/C13H23N5OS/c1-2-18-11(9-14)15-16-13(18)20-10-12(19)17-7-5-3-4-6-8-17/h2-10,14H2,1H3. The second kappa shape index (κ2) is 7.64. The molecule has 2 heterocycles. The van der Waals surface area contributed by atoms with Crippen molar-refractivity contribution in [2.75, 3.05) is 18.8 Å². The molecule has 2 rings (SSSR count). The number of carbonyl (C=O) groups excluding carboxylic acids is 1. The zero-order valence-electron chi connectivity index (χ0n) is 12.0. The summed E-state index contributed by atoms with van der Waals surface area (Å²) in [6.07, 6.45) is 4.72. The second-order valence-corrected chi connectivity index (χ2v) is 5.87. The van der Waals surface area contributed by atoms with E-state index >= 15 is 0 Å². The molecule has 1 saturated heterocycles. The summed E-state index contributed by atoms with van der Waals surface area (Å²) < 4.78 is 1.97. The highest BCUT2D eigenvalue weighted by Gasteiger charge is 2.17. The fraction of sp³-hybridized carbons (Fsp3) is 0.769. The maximum absolute atomic E-state index is 12.2. The SMILES string of the molecule is CCn1c(CN)nnc1SCC(=O)N1CCCCCC1. The maximum Gasteiger partial charge on any atom is 0.233 e. The molecule has 20 heavy (non-hydrogen) atoms. The Hall–Kier alpha value is -1.08. The number of likely N-dealkylation sites (tertiary alicyclic amines) is 1. The van der Waals surface area contributed by atoms with Crippen molar-refractivity contribution in [3.05, 3.63) is 5.82 Å². The molecule has 7 heteroatoms. The molecule has 1 fully saturated rings. The minimum atomic E-state index is 0.205. The van der Waals surface area contributed by atoms with E-state index in [1.807, 2.05) is 16.4 Å². The topological polar surface area (TPSA) is 77.0 Å². The van der Waals surface area contributed by atoms with Gasteiger partial charge in [-0.3, -0.25) is 4.79 Å². The third-order valence-electron chi connectivity index (χ3n) is 3.58. The number of nitrogens with two attached hydrogens (primary N) is 1. The first-order valence-corrected chi connectivity index (χ1v) is 8.27. The highest BCUT2D eigenvalue weighted by atomic mass is 32.2. The van der Waals surface area contributed by atoms with Gasteiger partial charge in [0.25, 0.3) is 0 Å². The van der Waals surface area contributed by atoms with Crippen molar-refractivity contribution in [2.24, 2.45) is 5.73 Å². The summed E-state index contributed by atoms with van der Waals surface area (Å²) in [5.41, 5.74) is 5.62. The van der Waals surface area contributed by atoms with Crippen LogP contribution in [0, 0.1) is 0 Å². The Morgan fingerprint density at radius 2 is 1.95 bits per heavy atom. The fourth-order valence-electron chi connectivity index (χ4n) is 2.43. The van der Waals surface area contributed by atoms with Crippen LogP contribution in [-0.2, 0) is 17.9 Å². The summed E-state index contributed by atoms with van der Waals surface area (Å²) >= 11 is 1.46. The molecule has 1 aromatic heterocycles. The molecule has 0 atom stereocenters. The third-order valence-corrected chi connectivity index (χ3v) is 4.53. The Labute approximate surface area is 124 Å². The van der Waals surface area contributed by atoms with E-state index < -0.39 is 0 Å². The van der Waals surface area contributed by atoms with E-state index in [-0.39, 0.29) is 5.91 Å². The average Bonchev–Trinajstić information content (AvgIpc) is 2.67. The van der Waals surface area contributed by atoms with Crippen molar-refractivity contribution >= 4 is 17.7 Å². The molecule has 1 aliphatic rings. The van der Waals surface area contributed by atoms with Crippen LogP contribution in [0.15, 0.2) is 5.16 Å². The van der Waals surface area contributed by atoms with Crippen LogP contribution in [0.2, 0.25) is 0 Å². The lowest BCUT2D eigenvalue weighted by molar-refractivity contribution is -0.128. The summed E-state index contributed by atoms with van der Waals surface area (Å²) in [5, 5.41) is 8.96. The molecule has 6 nitrogen and oxygen atoms in total. The Balaban J connectivity index is 1.90. The van der Waals surface area contributed by atoms with Crippen molar-refractivity contribution in [3.63, 3.8) is 0 Å². The van der Waals surface area contributed by atoms with Crippen LogP contribution >= 0.6 is 11.8 Å². The van der Waals surface area contributed by atoms with Crippen LogP contribution in [0.5, 0.6) is 0 Å². The van der Waals surface area contributed by atoms with Gasteiger partial charge in [-0.25, -0.2) is 0 Å². The molecule has 1 amide bonds. The largest absolute Gasteiger partial charge is 0.342 e. The van der Waals surface area contributed by atoms with Crippen molar-refractivity contribution in [1.29, 1.82) is 0 Å². The van der Waals surface area contributed by atoms with Crippen LogP contribution in [0.25, 0.3) is 0 Å². The smallest absolute Gasteiger partial charge is 0.233 e. The zero-order valence-corrected chi connectivity index (χ0v) is 12.9. The first kappa shape index (κ1) is 15.3. The molecule has 0 aromatic carbocycles. The first-order chi connectivity index (χ1) is 9.76. The molecule has 2 N–H and O–H groups in total. The Bertz CT molecular complexity index is 440. The number of rotatable bonds is 5. The monoisotopic (exact) mass is 297 g/mol. The molecule has 0 unspecified atom stereocenters. The Morgan fingerprint density at radius 3 is 2.55 bits per heavy atom. The van der Waals surface area contributed by atoms with E-state index in [1.165, 1.54) is 24.6 Å². The number of nitrogens with zero attached hydrogens (tertiary/aromatic N) is 4. The van der Waals surface area contributed by atoms with Crippen molar-refractivity contribution in [2.45, 2.75) is 50.9 Å². The zero-order chi connectivity index (χ0) is 14.4. The Morgan fingerprint density at radius 1 is 1.25 bits per heavy atom. The lowest BCUT2D eigenvalue weighted by Crippen LogP contribution is -2.33. The minimum absolute atomic E-state index is 0.205. The number of hydrogen-bond donors (Lipinski definition) is 1. The van der Waals surface area contributed by atoms with E-state index in [9.17, 15) is 4.79 Å². The molecule has 0 saturated carbocycles. The Kier molecular flexibility index (Phi) is 5.85. The van der Waals surface area contributed by atoms with Gasteiger partial charge in [0.1, 0.15) is 5.82 Å².